The van der Waals surface area contributed by atoms with Crippen LogP contribution in [0.25, 0.3) is 0 Å². The second-order valence-electron chi connectivity index (χ2n) is 5.39. The zero-order valence-electron chi connectivity index (χ0n) is 11.8. The monoisotopic (exact) mass is 277 g/mol. The average Bonchev–Trinajstić information content (AvgIpc) is 2.90. The van der Waals surface area contributed by atoms with E-state index in [4.69, 9.17) is 18.0 Å². The minimum atomic E-state index is 0.458. The molecule has 2 rings (SSSR count). The number of hydrogen-bond donors (Lipinski definition) is 2. The molecule has 1 aromatic rings. The van der Waals surface area contributed by atoms with Crippen LogP contribution in [0.4, 0.5) is 5.69 Å². The van der Waals surface area contributed by atoms with Gasteiger partial charge in [-0.25, -0.2) is 0 Å². The molecule has 19 heavy (non-hydrogen) atoms. The first-order valence-corrected chi connectivity index (χ1v) is 7.37. The first-order chi connectivity index (χ1) is 9.08. The maximum Gasteiger partial charge on any atom is 0.106 e. The Hall–Kier alpha value is -1.13. The molecule has 1 atom stereocenters. The number of anilines is 1. The van der Waals surface area contributed by atoms with Crippen LogP contribution in [0.1, 0.15) is 30.9 Å². The van der Waals surface area contributed by atoms with Gasteiger partial charge in [-0.05, 0) is 51.9 Å². The fraction of sp³-hybridized carbons (Fsp3) is 0.533. The molecule has 1 aliphatic heterocycles. The Balaban J connectivity index is 2.00. The molecule has 0 radical (unpaired) electrons. The van der Waals surface area contributed by atoms with E-state index >= 15 is 0 Å². The standard InChI is InChI=1S/C15H23N3S/c1-11-5-6-14(13(9-11)15(16)19)17-10-12(2)18-7-3-4-8-18/h5-6,9,12,17H,3-4,7-8,10H2,1-2H3,(H2,16,19). The third-order valence-corrected chi connectivity index (χ3v) is 4.01. The maximum absolute atomic E-state index is 5.79. The van der Waals surface area contributed by atoms with Crippen LogP contribution in [0.5, 0.6) is 0 Å². The van der Waals surface area contributed by atoms with Gasteiger partial charge in [0.2, 0.25) is 0 Å². The van der Waals surface area contributed by atoms with E-state index in [0.717, 1.165) is 17.8 Å². The van der Waals surface area contributed by atoms with Crippen molar-refractivity contribution in [2.45, 2.75) is 32.7 Å². The molecule has 0 spiro atoms. The molecule has 3 N–H and O–H groups in total. The van der Waals surface area contributed by atoms with Crippen LogP contribution in [0, 0.1) is 6.92 Å². The van der Waals surface area contributed by atoms with Gasteiger partial charge in [-0.2, -0.15) is 0 Å². The van der Waals surface area contributed by atoms with Gasteiger partial charge in [0.1, 0.15) is 4.99 Å². The Labute approximate surface area is 121 Å². The summed E-state index contributed by atoms with van der Waals surface area (Å²) >= 11 is 5.12. The highest BCUT2D eigenvalue weighted by Gasteiger charge is 2.18. The minimum Gasteiger partial charge on any atom is -0.389 e. The second kappa shape index (κ2) is 6.35. The minimum absolute atomic E-state index is 0.458. The molecule has 1 saturated heterocycles. The molecular weight excluding hydrogens is 254 g/mol. The number of nitrogens with zero attached hydrogens (tertiary/aromatic N) is 1. The Morgan fingerprint density at radius 1 is 1.42 bits per heavy atom. The van der Waals surface area contributed by atoms with Gasteiger partial charge in [0.25, 0.3) is 0 Å². The molecule has 3 nitrogen and oxygen atoms in total. The summed E-state index contributed by atoms with van der Waals surface area (Å²) in [4.78, 5) is 2.99. The van der Waals surface area contributed by atoms with Crippen LogP contribution in [-0.2, 0) is 0 Å². The number of likely N-dealkylation sites (tertiary alicyclic amines) is 1. The first kappa shape index (κ1) is 14.3. The maximum atomic E-state index is 5.79. The molecule has 1 aliphatic rings. The molecule has 1 fully saturated rings. The second-order valence-corrected chi connectivity index (χ2v) is 5.83. The van der Waals surface area contributed by atoms with E-state index in [0.29, 0.717) is 11.0 Å². The molecule has 104 valence electrons. The number of hydrogen-bond acceptors (Lipinski definition) is 3. The van der Waals surface area contributed by atoms with Crippen LogP contribution in [0.2, 0.25) is 0 Å². The highest BCUT2D eigenvalue weighted by molar-refractivity contribution is 7.80. The van der Waals surface area contributed by atoms with E-state index in [1.165, 1.54) is 31.5 Å². The van der Waals surface area contributed by atoms with Crippen molar-refractivity contribution in [1.29, 1.82) is 0 Å². The van der Waals surface area contributed by atoms with E-state index in [1.807, 2.05) is 6.07 Å². The molecule has 1 aromatic carbocycles. The molecule has 0 aromatic heterocycles. The molecule has 1 heterocycles. The van der Waals surface area contributed by atoms with Gasteiger partial charge in [-0.15, -0.1) is 0 Å². The molecular formula is C15H23N3S. The van der Waals surface area contributed by atoms with Crippen LogP contribution >= 0.6 is 12.2 Å². The zero-order valence-corrected chi connectivity index (χ0v) is 12.6. The predicted octanol–water partition coefficient (Wildman–Crippen LogP) is 2.53. The summed E-state index contributed by atoms with van der Waals surface area (Å²) in [5.74, 6) is 0. The van der Waals surface area contributed by atoms with Crippen molar-refractivity contribution in [2.75, 3.05) is 25.0 Å². The number of thiocarbonyl (C=S) groups is 1. The van der Waals surface area contributed by atoms with Gasteiger partial charge < -0.3 is 11.1 Å². The SMILES string of the molecule is Cc1ccc(NCC(C)N2CCCC2)c(C(N)=S)c1. The molecule has 0 bridgehead atoms. The van der Waals surface area contributed by atoms with Crippen molar-refractivity contribution in [2.24, 2.45) is 5.73 Å². The Kier molecular flexibility index (Phi) is 4.77. The Morgan fingerprint density at radius 2 is 2.11 bits per heavy atom. The molecule has 0 amide bonds. The third kappa shape index (κ3) is 3.67. The number of benzene rings is 1. The highest BCUT2D eigenvalue weighted by Crippen LogP contribution is 2.18. The highest BCUT2D eigenvalue weighted by atomic mass is 32.1. The van der Waals surface area contributed by atoms with Gasteiger partial charge in [0.15, 0.2) is 0 Å². The topological polar surface area (TPSA) is 41.3 Å². The molecule has 1 unspecified atom stereocenters. The Morgan fingerprint density at radius 3 is 2.74 bits per heavy atom. The smallest absolute Gasteiger partial charge is 0.106 e. The van der Waals surface area contributed by atoms with Gasteiger partial charge >= 0.3 is 0 Å². The fourth-order valence-corrected chi connectivity index (χ4v) is 2.75. The van der Waals surface area contributed by atoms with E-state index < -0.39 is 0 Å². The number of nitrogens with one attached hydrogen (secondary N) is 1. The average molecular weight is 277 g/mol. The summed E-state index contributed by atoms with van der Waals surface area (Å²) in [5.41, 5.74) is 8.97. The lowest BCUT2D eigenvalue weighted by atomic mass is 10.1. The van der Waals surface area contributed by atoms with E-state index in [2.05, 4.69) is 36.2 Å². The number of aryl methyl sites for hydroxylation is 1. The molecule has 0 saturated carbocycles. The quantitative estimate of drug-likeness (QED) is 0.812. The molecule has 4 heteroatoms. The number of rotatable bonds is 5. The summed E-state index contributed by atoms with van der Waals surface area (Å²) in [7, 11) is 0. The zero-order chi connectivity index (χ0) is 13.8. The van der Waals surface area contributed by atoms with Crippen molar-refractivity contribution < 1.29 is 0 Å². The lowest BCUT2D eigenvalue weighted by Crippen LogP contribution is -2.35. The summed E-state index contributed by atoms with van der Waals surface area (Å²) < 4.78 is 0. The summed E-state index contributed by atoms with van der Waals surface area (Å²) in [6.45, 7) is 7.70. The normalized spacial score (nSPS) is 17.4. The van der Waals surface area contributed by atoms with Gasteiger partial charge in [-0.1, -0.05) is 23.8 Å². The summed E-state index contributed by atoms with van der Waals surface area (Å²) in [5, 5.41) is 3.49. The molecule has 0 aliphatic carbocycles. The van der Waals surface area contributed by atoms with E-state index in [1.54, 1.807) is 0 Å². The van der Waals surface area contributed by atoms with Gasteiger partial charge in [0, 0.05) is 23.8 Å². The Bertz CT molecular complexity index is 453. The van der Waals surface area contributed by atoms with Gasteiger partial charge in [-0.3, -0.25) is 4.90 Å². The first-order valence-electron chi connectivity index (χ1n) is 6.96. The lowest BCUT2D eigenvalue weighted by Gasteiger charge is -2.25. The van der Waals surface area contributed by atoms with E-state index in [9.17, 15) is 0 Å². The van der Waals surface area contributed by atoms with Crippen LogP contribution in [-0.4, -0.2) is 35.6 Å². The summed E-state index contributed by atoms with van der Waals surface area (Å²) in [6, 6.07) is 6.75. The third-order valence-electron chi connectivity index (χ3n) is 3.79. The van der Waals surface area contributed by atoms with Crippen LogP contribution < -0.4 is 11.1 Å². The lowest BCUT2D eigenvalue weighted by molar-refractivity contribution is 0.269. The number of nitrogens with two attached hydrogens (primary N) is 1. The fourth-order valence-electron chi connectivity index (χ4n) is 2.59. The van der Waals surface area contributed by atoms with Gasteiger partial charge in [0.05, 0.1) is 0 Å². The summed E-state index contributed by atoms with van der Waals surface area (Å²) in [6.07, 6.45) is 2.65. The van der Waals surface area contributed by atoms with Crippen molar-refractivity contribution in [3.8, 4) is 0 Å². The van der Waals surface area contributed by atoms with Crippen LogP contribution in [0.3, 0.4) is 0 Å². The van der Waals surface area contributed by atoms with Crippen molar-refractivity contribution in [3.05, 3.63) is 29.3 Å². The van der Waals surface area contributed by atoms with Crippen molar-refractivity contribution >= 4 is 22.9 Å². The largest absolute Gasteiger partial charge is 0.389 e. The predicted molar refractivity (Wildman–Crippen MR) is 85.8 cm³/mol. The van der Waals surface area contributed by atoms with Crippen molar-refractivity contribution in [1.82, 2.24) is 4.90 Å². The van der Waals surface area contributed by atoms with E-state index in [-0.39, 0.29) is 0 Å². The van der Waals surface area contributed by atoms with Crippen molar-refractivity contribution in [3.63, 3.8) is 0 Å². The van der Waals surface area contributed by atoms with Crippen LogP contribution in [0.15, 0.2) is 18.2 Å².